The van der Waals surface area contributed by atoms with E-state index < -0.39 is 8.32 Å². The van der Waals surface area contributed by atoms with Gasteiger partial charge >= 0.3 is 11.9 Å². The molecule has 13 atom stereocenters. The number of benzene rings is 4. The first kappa shape index (κ1) is 47.0. The number of fused-ring (bicyclic) bond motifs is 8. The van der Waals surface area contributed by atoms with Crippen LogP contribution in [0.2, 0.25) is 5.04 Å². The van der Waals surface area contributed by atoms with E-state index in [9.17, 15) is 9.59 Å². The van der Waals surface area contributed by atoms with E-state index in [2.05, 4.69) is 116 Å². The van der Waals surface area contributed by atoms with Gasteiger partial charge in [0.25, 0.3) is 8.32 Å². The first-order valence-corrected chi connectivity index (χ1v) is 27.1. The molecule has 4 aliphatic carbocycles. The molecule has 0 N–H and O–H groups in total. The molecule has 0 unspecified atom stereocenters. The molecule has 8 heteroatoms. The molecule has 4 saturated carbocycles. The fourth-order valence-electron chi connectivity index (χ4n) is 14.8. The lowest BCUT2D eigenvalue weighted by Crippen LogP contribution is -2.69. The first-order valence-electron chi connectivity index (χ1n) is 25.2. The summed E-state index contributed by atoms with van der Waals surface area (Å²) in [5.41, 5.74) is 1.04. The number of hydrogen-bond acceptors (Lipinski definition) is 7. The van der Waals surface area contributed by atoms with Crippen molar-refractivity contribution in [3.8, 4) is 0 Å². The van der Waals surface area contributed by atoms with E-state index in [1.807, 2.05) is 60.7 Å². The van der Waals surface area contributed by atoms with Gasteiger partial charge in [-0.3, -0.25) is 0 Å². The van der Waals surface area contributed by atoms with Crippen LogP contribution in [0, 0.1) is 52.3 Å². The third kappa shape index (κ3) is 8.56. The quantitative estimate of drug-likeness (QED) is 0.0976. The van der Waals surface area contributed by atoms with Crippen LogP contribution in [0.15, 0.2) is 121 Å². The minimum atomic E-state index is -2.78. The summed E-state index contributed by atoms with van der Waals surface area (Å²) in [6.07, 6.45) is 6.86. The second kappa shape index (κ2) is 18.8. The molecule has 352 valence electrons. The highest BCUT2D eigenvalue weighted by Crippen LogP contribution is 2.70. The maximum absolute atomic E-state index is 14.2. The zero-order chi connectivity index (χ0) is 46.4. The van der Waals surface area contributed by atoms with Crippen LogP contribution >= 0.6 is 0 Å². The van der Waals surface area contributed by atoms with Crippen LogP contribution < -0.4 is 10.4 Å². The predicted molar refractivity (Wildman–Crippen MR) is 263 cm³/mol. The zero-order valence-electron chi connectivity index (χ0n) is 40.7. The fourth-order valence-corrected chi connectivity index (χ4v) is 19.5. The van der Waals surface area contributed by atoms with Crippen molar-refractivity contribution >= 4 is 30.6 Å². The van der Waals surface area contributed by atoms with Crippen LogP contribution in [0.3, 0.4) is 0 Å². The molecular weight excluding hydrogens is 837 g/mol. The minimum absolute atomic E-state index is 0.00213. The lowest BCUT2D eigenvalue weighted by molar-refractivity contribution is -0.198. The summed E-state index contributed by atoms with van der Waals surface area (Å²) in [7, 11) is -2.78. The molecule has 4 aromatic rings. The van der Waals surface area contributed by atoms with Crippen LogP contribution in [-0.2, 0) is 23.4 Å². The summed E-state index contributed by atoms with van der Waals surface area (Å²) in [5.74, 6) is 1.22. The molecule has 7 nitrogen and oxygen atoms in total. The van der Waals surface area contributed by atoms with Crippen LogP contribution in [0.5, 0.6) is 0 Å². The molecular formula is C58H74O7Si. The molecule has 5 fully saturated rings. The van der Waals surface area contributed by atoms with E-state index >= 15 is 0 Å². The molecule has 4 aromatic carbocycles. The molecule has 0 spiro atoms. The summed E-state index contributed by atoms with van der Waals surface area (Å²) in [5, 5.41) is 2.52. The molecule has 1 aliphatic heterocycles. The predicted octanol–water partition coefficient (Wildman–Crippen LogP) is 11.7. The second-order valence-corrected chi connectivity index (χ2v) is 27.1. The van der Waals surface area contributed by atoms with Crippen LogP contribution in [0.25, 0.3) is 0 Å². The smallest absolute Gasteiger partial charge is 0.338 e. The molecule has 5 aliphatic rings. The molecule has 1 saturated heterocycles. The number of carbonyl (C=O) groups excluding carboxylic acids is 2. The maximum atomic E-state index is 14.2. The average molecular weight is 911 g/mol. The molecule has 0 amide bonds. The highest BCUT2D eigenvalue weighted by Gasteiger charge is 2.70. The third-order valence-corrected chi connectivity index (χ3v) is 22.7. The highest BCUT2D eigenvalue weighted by molar-refractivity contribution is 6.99. The van der Waals surface area contributed by atoms with Gasteiger partial charge < -0.3 is 23.4 Å². The van der Waals surface area contributed by atoms with Gasteiger partial charge in [0.2, 0.25) is 0 Å². The summed E-state index contributed by atoms with van der Waals surface area (Å²) < 4.78 is 34.8. The van der Waals surface area contributed by atoms with E-state index in [4.69, 9.17) is 23.4 Å². The highest BCUT2D eigenvalue weighted by atomic mass is 28.4. The molecule has 9 rings (SSSR count). The monoisotopic (exact) mass is 911 g/mol. The largest absolute Gasteiger partial charge is 0.459 e. The summed E-state index contributed by atoms with van der Waals surface area (Å²) in [4.78, 5) is 27.7. The van der Waals surface area contributed by atoms with Crippen molar-refractivity contribution in [2.24, 2.45) is 52.3 Å². The van der Waals surface area contributed by atoms with Crippen molar-refractivity contribution in [3.05, 3.63) is 132 Å². The van der Waals surface area contributed by atoms with Gasteiger partial charge in [0.05, 0.1) is 23.3 Å². The van der Waals surface area contributed by atoms with Crippen LogP contribution in [0.1, 0.15) is 127 Å². The average Bonchev–Trinajstić information content (AvgIpc) is 3.91. The number of esters is 2. The Bertz CT molecular complexity index is 2220. The van der Waals surface area contributed by atoms with E-state index in [0.717, 1.165) is 51.4 Å². The number of rotatable bonds is 13. The van der Waals surface area contributed by atoms with Gasteiger partial charge in [-0.2, -0.15) is 0 Å². The van der Waals surface area contributed by atoms with Gasteiger partial charge in [0.15, 0.2) is 0 Å². The van der Waals surface area contributed by atoms with E-state index in [1.54, 1.807) is 0 Å². The number of hydrogen-bond donors (Lipinski definition) is 0. The molecule has 1 heterocycles. The van der Waals surface area contributed by atoms with Gasteiger partial charge in [0.1, 0.15) is 19.0 Å². The Labute approximate surface area is 395 Å². The lowest BCUT2D eigenvalue weighted by atomic mass is 9.43. The zero-order valence-corrected chi connectivity index (χ0v) is 41.7. The van der Waals surface area contributed by atoms with E-state index in [1.165, 1.54) is 10.4 Å². The topological polar surface area (TPSA) is 80.3 Å². The molecule has 0 radical (unpaired) electrons. The number of ether oxygens (including phenoxy) is 4. The summed E-state index contributed by atoms with van der Waals surface area (Å²) in [6, 6.07) is 40.9. The summed E-state index contributed by atoms with van der Waals surface area (Å²) >= 11 is 0. The Morgan fingerprint density at radius 2 is 1.23 bits per heavy atom. The van der Waals surface area contributed by atoms with Gasteiger partial charge in [-0.15, -0.1) is 0 Å². The Morgan fingerprint density at radius 1 is 0.682 bits per heavy atom. The van der Waals surface area contributed by atoms with Crippen LogP contribution in [-0.4, -0.2) is 57.6 Å². The van der Waals surface area contributed by atoms with Crippen LogP contribution in [0.4, 0.5) is 0 Å². The van der Waals surface area contributed by atoms with E-state index in [-0.39, 0.29) is 94.7 Å². The molecule has 66 heavy (non-hydrogen) atoms. The Morgan fingerprint density at radius 3 is 1.80 bits per heavy atom. The minimum Gasteiger partial charge on any atom is -0.459 e. The first-order chi connectivity index (χ1) is 31.6. The number of carbonyl (C=O) groups is 2. The fraction of sp³-hybridized carbons (Fsp3) is 0.552. The Hall–Kier alpha value is -4.08. The van der Waals surface area contributed by atoms with Crippen molar-refractivity contribution in [2.75, 3.05) is 6.79 Å². The van der Waals surface area contributed by atoms with E-state index in [0.29, 0.717) is 23.0 Å². The van der Waals surface area contributed by atoms with Crippen molar-refractivity contribution in [3.63, 3.8) is 0 Å². The SMILES string of the molecule is CC(C)C[C@@H](C[C@@H](C)[C@H]1C[C@@H](OC(=O)c2ccccc2)[C@H]2[C@@H]3[C@H]4OCO[C@@H]4[C@H]4C[C@@H](O[Si](c5ccccc5)(c5ccccc5)C(C)(C)C)CC[C@]4(C)[C@H]3CC[C@@]21C)OC(=O)c1ccccc1. The third-order valence-electron chi connectivity index (χ3n) is 17.6. The molecule has 0 aromatic heterocycles. The van der Waals surface area contributed by atoms with Crippen molar-refractivity contribution in [2.45, 2.75) is 142 Å². The van der Waals surface area contributed by atoms with Gasteiger partial charge in [-0.25, -0.2) is 9.59 Å². The lowest BCUT2D eigenvalue weighted by Gasteiger charge is -2.64. The van der Waals surface area contributed by atoms with Crippen molar-refractivity contribution in [1.82, 2.24) is 0 Å². The van der Waals surface area contributed by atoms with Gasteiger partial charge in [0, 0.05) is 12.0 Å². The van der Waals surface area contributed by atoms with Crippen molar-refractivity contribution < 1.29 is 33.0 Å². The second-order valence-electron chi connectivity index (χ2n) is 22.8. The van der Waals surface area contributed by atoms with Gasteiger partial charge in [-0.1, -0.05) is 152 Å². The van der Waals surface area contributed by atoms with Gasteiger partial charge in [-0.05, 0) is 137 Å². The molecule has 0 bridgehead atoms. The Balaban J connectivity index is 1.03. The standard InChI is InChI=1S/C58H74O7Si/c1-38(2)33-43(63-54(59)40-21-13-9-14-22-40)34-39(3)47-36-49(64-55(60)41-23-15-10-16-24-41)51-50-46(30-32-58(47,51)8)57(7)31-29-42(35-48(57)52-53(50)62-37-61-52)65-66(56(4,5)6,44-25-17-11-18-26-44)45-27-19-12-20-28-45/h9-28,38-39,42-43,46-53H,29-37H2,1-8H3/t39-,42+,43+,46+,47-,48-,49-,50-,51+,52-,53-,57-,58-/m1/s1. The maximum Gasteiger partial charge on any atom is 0.338 e. The Kier molecular flexibility index (Phi) is 13.4. The summed E-state index contributed by atoms with van der Waals surface area (Å²) in [6.45, 7) is 19.2. The van der Waals surface area contributed by atoms with Crippen molar-refractivity contribution in [1.29, 1.82) is 0 Å². The normalized spacial score (nSPS) is 32.6.